The standard InChI is InChI=1S/C23H32N4O3S/c1-15(2)11-24-20(28)10-19-14-31-23(25-19)26-21(29)13-27(12-16(3)4)22(30)18-8-6-17(5)7-9-18/h6-9,14-16H,10-13H2,1-5H3,(H,24,28)(H,25,26,29). The fourth-order valence-electron chi connectivity index (χ4n) is 2.86. The van der Waals surface area contributed by atoms with Crippen LogP contribution in [0.25, 0.3) is 0 Å². The van der Waals surface area contributed by atoms with Gasteiger partial charge in [-0.2, -0.15) is 0 Å². The van der Waals surface area contributed by atoms with Crippen molar-refractivity contribution < 1.29 is 14.4 Å². The quantitative estimate of drug-likeness (QED) is 0.587. The topological polar surface area (TPSA) is 91.4 Å². The van der Waals surface area contributed by atoms with Crippen LogP contribution in [0.1, 0.15) is 49.3 Å². The Morgan fingerprint density at radius 2 is 1.71 bits per heavy atom. The van der Waals surface area contributed by atoms with Crippen LogP contribution in [0.15, 0.2) is 29.6 Å². The lowest BCUT2D eigenvalue weighted by molar-refractivity contribution is -0.120. The van der Waals surface area contributed by atoms with Gasteiger partial charge in [-0.1, -0.05) is 45.4 Å². The van der Waals surface area contributed by atoms with Crippen LogP contribution >= 0.6 is 11.3 Å². The molecule has 1 aromatic heterocycles. The number of amides is 3. The number of carbonyl (C=O) groups is 3. The third kappa shape index (κ3) is 8.49. The molecule has 0 spiro atoms. The molecule has 8 heteroatoms. The van der Waals surface area contributed by atoms with Crippen molar-refractivity contribution in [1.29, 1.82) is 0 Å². The third-order valence-corrected chi connectivity index (χ3v) is 5.16. The maximum atomic E-state index is 12.9. The molecule has 0 aliphatic rings. The number of nitrogens with zero attached hydrogens (tertiary/aromatic N) is 2. The van der Waals surface area contributed by atoms with E-state index in [0.717, 1.165) is 5.56 Å². The third-order valence-electron chi connectivity index (χ3n) is 4.35. The van der Waals surface area contributed by atoms with E-state index in [1.807, 2.05) is 46.8 Å². The summed E-state index contributed by atoms with van der Waals surface area (Å²) in [5, 5.41) is 7.78. The van der Waals surface area contributed by atoms with Crippen molar-refractivity contribution in [2.45, 2.75) is 41.0 Å². The Balaban J connectivity index is 1.96. The van der Waals surface area contributed by atoms with Crippen LogP contribution in [0.4, 0.5) is 5.13 Å². The van der Waals surface area contributed by atoms with Crippen LogP contribution in [-0.2, 0) is 16.0 Å². The summed E-state index contributed by atoms with van der Waals surface area (Å²) < 4.78 is 0. The molecule has 7 nitrogen and oxygen atoms in total. The Bertz CT molecular complexity index is 890. The van der Waals surface area contributed by atoms with Crippen LogP contribution in [0.5, 0.6) is 0 Å². The number of hydrogen-bond donors (Lipinski definition) is 2. The van der Waals surface area contributed by atoms with Gasteiger partial charge in [0.1, 0.15) is 6.54 Å². The second-order valence-corrected chi connectivity index (χ2v) is 9.37. The minimum absolute atomic E-state index is 0.0608. The van der Waals surface area contributed by atoms with Gasteiger partial charge in [0, 0.05) is 24.0 Å². The van der Waals surface area contributed by atoms with E-state index in [1.165, 1.54) is 11.3 Å². The maximum Gasteiger partial charge on any atom is 0.254 e. The Morgan fingerprint density at radius 1 is 1.03 bits per heavy atom. The highest BCUT2D eigenvalue weighted by Gasteiger charge is 2.20. The van der Waals surface area contributed by atoms with E-state index >= 15 is 0 Å². The van der Waals surface area contributed by atoms with Gasteiger partial charge < -0.3 is 15.5 Å². The van der Waals surface area contributed by atoms with Crippen LogP contribution in [0, 0.1) is 18.8 Å². The second kappa shape index (κ2) is 11.6. The number of thiazole rings is 1. The Labute approximate surface area is 188 Å². The average Bonchev–Trinajstić information content (AvgIpc) is 3.12. The molecule has 0 atom stereocenters. The summed E-state index contributed by atoms with van der Waals surface area (Å²) in [6, 6.07) is 7.32. The first-order valence-electron chi connectivity index (χ1n) is 10.5. The van der Waals surface area contributed by atoms with E-state index < -0.39 is 0 Å². The molecular weight excluding hydrogens is 412 g/mol. The number of hydrogen-bond acceptors (Lipinski definition) is 5. The first kappa shape index (κ1) is 24.5. The molecule has 2 rings (SSSR count). The number of rotatable bonds is 10. The lowest BCUT2D eigenvalue weighted by Crippen LogP contribution is -2.40. The summed E-state index contributed by atoms with van der Waals surface area (Å²) >= 11 is 1.27. The highest BCUT2D eigenvalue weighted by atomic mass is 32.1. The van der Waals surface area contributed by atoms with Gasteiger partial charge in [-0.3, -0.25) is 14.4 Å². The van der Waals surface area contributed by atoms with Gasteiger partial charge in [-0.25, -0.2) is 4.98 Å². The summed E-state index contributed by atoms with van der Waals surface area (Å²) in [5.41, 5.74) is 2.24. The van der Waals surface area contributed by atoms with Crippen LogP contribution in [0.2, 0.25) is 0 Å². The normalized spacial score (nSPS) is 10.9. The fourth-order valence-corrected chi connectivity index (χ4v) is 3.59. The van der Waals surface area contributed by atoms with Gasteiger partial charge >= 0.3 is 0 Å². The predicted molar refractivity (Wildman–Crippen MR) is 124 cm³/mol. The molecule has 1 heterocycles. The molecule has 2 aromatic rings. The van der Waals surface area contributed by atoms with Crippen molar-refractivity contribution in [3.05, 3.63) is 46.5 Å². The minimum atomic E-state index is -0.314. The Kier molecular flexibility index (Phi) is 9.18. The minimum Gasteiger partial charge on any atom is -0.356 e. The summed E-state index contributed by atoms with van der Waals surface area (Å²) in [6.45, 7) is 11.1. The van der Waals surface area contributed by atoms with E-state index in [4.69, 9.17) is 0 Å². The van der Waals surface area contributed by atoms with E-state index in [2.05, 4.69) is 15.6 Å². The number of nitrogens with one attached hydrogen (secondary N) is 2. The Morgan fingerprint density at radius 3 is 2.32 bits per heavy atom. The highest BCUT2D eigenvalue weighted by Crippen LogP contribution is 2.16. The summed E-state index contributed by atoms with van der Waals surface area (Å²) in [7, 11) is 0. The zero-order valence-corrected chi connectivity index (χ0v) is 19.7. The molecule has 0 unspecified atom stereocenters. The molecule has 0 aliphatic heterocycles. The molecule has 0 saturated heterocycles. The molecule has 0 fully saturated rings. The number of carbonyl (C=O) groups excluding carboxylic acids is 3. The molecule has 0 radical (unpaired) electrons. The first-order valence-corrected chi connectivity index (χ1v) is 11.4. The fraction of sp³-hybridized carbons (Fsp3) is 0.478. The van der Waals surface area contributed by atoms with Gasteiger partial charge in [0.15, 0.2) is 5.13 Å². The zero-order valence-electron chi connectivity index (χ0n) is 18.9. The second-order valence-electron chi connectivity index (χ2n) is 8.51. The van der Waals surface area contributed by atoms with Gasteiger partial charge in [-0.05, 0) is 30.9 Å². The lowest BCUT2D eigenvalue weighted by atomic mass is 10.1. The molecule has 0 aliphatic carbocycles. The van der Waals surface area contributed by atoms with Gasteiger partial charge in [0.05, 0.1) is 12.1 Å². The average molecular weight is 445 g/mol. The van der Waals surface area contributed by atoms with E-state index in [0.29, 0.717) is 35.4 Å². The predicted octanol–water partition coefficient (Wildman–Crippen LogP) is 3.50. The van der Waals surface area contributed by atoms with E-state index in [1.54, 1.807) is 22.4 Å². The van der Waals surface area contributed by atoms with Crippen molar-refractivity contribution in [2.75, 3.05) is 25.0 Å². The van der Waals surface area contributed by atoms with E-state index in [9.17, 15) is 14.4 Å². The van der Waals surface area contributed by atoms with Crippen molar-refractivity contribution in [3.63, 3.8) is 0 Å². The summed E-state index contributed by atoms with van der Waals surface area (Å²) in [4.78, 5) is 43.3. The van der Waals surface area contributed by atoms with Crippen LogP contribution in [-0.4, -0.2) is 47.2 Å². The Hall–Kier alpha value is -2.74. The number of aromatic nitrogens is 1. The molecule has 31 heavy (non-hydrogen) atoms. The number of anilines is 1. The summed E-state index contributed by atoms with van der Waals surface area (Å²) in [6.07, 6.45) is 0.171. The van der Waals surface area contributed by atoms with Gasteiger partial charge in [0.2, 0.25) is 11.8 Å². The molecule has 3 amide bonds. The number of benzene rings is 1. The first-order chi connectivity index (χ1) is 14.6. The molecule has 2 N–H and O–H groups in total. The van der Waals surface area contributed by atoms with Crippen molar-refractivity contribution in [1.82, 2.24) is 15.2 Å². The molecule has 0 bridgehead atoms. The molecule has 0 saturated carbocycles. The molecule has 1 aromatic carbocycles. The number of aryl methyl sites for hydroxylation is 1. The van der Waals surface area contributed by atoms with Crippen LogP contribution in [0.3, 0.4) is 0 Å². The highest BCUT2D eigenvalue weighted by molar-refractivity contribution is 7.13. The van der Waals surface area contributed by atoms with Crippen molar-refractivity contribution >= 4 is 34.2 Å². The smallest absolute Gasteiger partial charge is 0.254 e. The largest absolute Gasteiger partial charge is 0.356 e. The van der Waals surface area contributed by atoms with Crippen molar-refractivity contribution in [2.24, 2.45) is 11.8 Å². The molecule has 168 valence electrons. The molecular formula is C23H32N4O3S. The SMILES string of the molecule is Cc1ccc(C(=O)N(CC(=O)Nc2nc(CC(=O)NCC(C)C)cs2)CC(C)C)cc1. The zero-order chi connectivity index (χ0) is 23.0. The van der Waals surface area contributed by atoms with Crippen molar-refractivity contribution in [3.8, 4) is 0 Å². The summed E-state index contributed by atoms with van der Waals surface area (Å²) in [5.74, 6) is 0.0177. The maximum absolute atomic E-state index is 12.9. The van der Waals surface area contributed by atoms with Gasteiger partial charge in [-0.15, -0.1) is 11.3 Å². The lowest BCUT2D eigenvalue weighted by Gasteiger charge is -2.24. The van der Waals surface area contributed by atoms with Crippen LogP contribution < -0.4 is 10.6 Å². The van der Waals surface area contributed by atoms with E-state index in [-0.39, 0.29) is 36.6 Å². The monoisotopic (exact) mass is 444 g/mol. The van der Waals surface area contributed by atoms with Gasteiger partial charge in [0.25, 0.3) is 5.91 Å².